The number of aliphatic hydroxyl groups excluding tert-OH is 3. The van der Waals surface area contributed by atoms with Gasteiger partial charge in [0.25, 0.3) is 0 Å². The summed E-state index contributed by atoms with van der Waals surface area (Å²) in [6, 6.07) is 34.3. The number of allylic oxidation sites excluding steroid dienone is 1. The molecule has 13 bridgehead atoms. The van der Waals surface area contributed by atoms with E-state index in [4.69, 9.17) is 23.7 Å². The number of aliphatic hydroxyl groups is 3. The van der Waals surface area contributed by atoms with Gasteiger partial charge in [0.2, 0.25) is 0 Å². The Bertz CT molecular complexity index is 4060. The van der Waals surface area contributed by atoms with Gasteiger partial charge < -0.3 is 59.6 Å². The molecule has 95 heavy (non-hydrogen) atoms. The molecule has 2 spiro atoms. The molecule has 4 saturated carbocycles. The van der Waals surface area contributed by atoms with E-state index in [-0.39, 0.29) is 78.0 Å². The summed E-state index contributed by atoms with van der Waals surface area (Å²) in [6.45, 7) is 4.74. The average molecular weight is 1320 g/mol. The van der Waals surface area contributed by atoms with Crippen LogP contribution in [-0.2, 0) is 55.0 Å². The lowest BCUT2D eigenvalue weighted by Gasteiger charge is -2.68. The lowest BCUT2D eigenvalue weighted by Crippen LogP contribution is -2.66. The van der Waals surface area contributed by atoms with Crippen LogP contribution < -0.4 is 14.8 Å². The van der Waals surface area contributed by atoms with Crippen molar-refractivity contribution >= 4 is 50.4 Å². The molecule has 16 heteroatoms. The number of aromatic hydroxyl groups is 3. The number of phenolic OH excluding ortho intramolecular Hbond substituents is 3. The molecule has 2 heterocycles. The second-order valence-corrected chi connectivity index (χ2v) is 31.9. The fourth-order valence-electron chi connectivity index (χ4n) is 20.2. The third-order valence-electron chi connectivity index (χ3n) is 23.7. The number of carbonyl (C=O) groups excluding carboxylic acids is 2. The molecule has 0 amide bonds. The minimum atomic E-state index is -1.30. The van der Waals surface area contributed by atoms with Gasteiger partial charge in [-0.15, -0.1) is 0 Å². The van der Waals surface area contributed by atoms with Gasteiger partial charge in [-0.1, -0.05) is 106 Å². The minimum Gasteiger partial charge on any atom is -0.508 e. The highest BCUT2D eigenvalue weighted by Gasteiger charge is 2.72. The van der Waals surface area contributed by atoms with Crippen molar-refractivity contribution in [1.82, 2.24) is 5.32 Å². The molecule has 7 N–H and O–H groups in total. The third kappa shape index (κ3) is 11.6. The largest absolute Gasteiger partial charge is 0.508 e. The highest BCUT2D eigenvalue weighted by molar-refractivity contribution is 8.76. The Labute approximate surface area is 564 Å². The van der Waals surface area contributed by atoms with Gasteiger partial charge >= 0.3 is 11.9 Å². The van der Waals surface area contributed by atoms with Crippen molar-refractivity contribution in [3.63, 3.8) is 0 Å². The third-order valence-corrected chi connectivity index (χ3v) is 26.3. The Morgan fingerprint density at radius 3 is 2.53 bits per heavy atom. The molecule has 18 atom stereocenters. The van der Waals surface area contributed by atoms with Gasteiger partial charge in [0.1, 0.15) is 30.0 Å². The maximum Gasteiger partial charge on any atom is 0.316 e. The van der Waals surface area contributed by atoms with E-state index in [2.05, 4.69) is 71.8 Å². The summed E-state index contributed by atoms with van der Waals surface area (Å²) in [7, 11) is 6.07. The average Bonchev–Trinajstić information content (AvgIpc) is 1.65. The molecule has 0 saturated heterocycles. The summed E-state index contributed by atoms with van der Waals surface area (Å²) >= 11 is 0. The number of nitrogens with one attached hydrogen (secondary N) is 1. The van der Waals surface area contributed by atoms with Crippen molar-refractivity contribution < 1.29 is 63.9 Å². The van der Waals surface area contributed by atoms with Crippen LogP contribution in [-0.4, -0.2) is 112 Å². The van der Waals surface area contributed by atoms with E-state index < -0.39 is 82.2 Å². The lowest BCUT2D eigenvalue weighted by molar-refractivity contribution is -0.188. The molecular formula is C79H87NO13S2. The Hall–Kier alpha value is -6.68. The van der Waals surface area contributed by atoms with Crippen LogP contribution in [0.3, 0.4) is 0 Å². The zero-order valence-electron chi connectivity index (χ0n) is 54.5. The van der Waals surface area contributed by atoms with Crippen molar-refractivity contribution in [3.05, 3.63) is 153 Å². The number of rotatable bonds is 8. The summed E-state index contributed by atoms with van der Waals surface area (Å²) in [5, 5.41) is 77.8. The van der Waals surface area contributed by atoms with Gasteiger partial charge in [-0.05, 0) is 233 Å². The minimum absolute atomic E-state index is 0.00500. The summed E-state index contributed by atoms with van der Waals surface area (Å²) in [5.74, 6) is 4.60. The summed E-state index contributed by atoms with van der Waals surface area (Å²) in [5.41, 5.74) is 7.66. The van der Waals surface area contributed by atoms with E-state index in [9.17, 15) is 35.4 Å². The zero-order chi connectivity index (χ0) is 65.6. The first kappa shape index (κ1) is 64.3. The number of carbonyl (C=O) groups is 2. The van der Waals surface area contributed by atoms with Crippen LogP contribution >= 0.6 is 21.6 Å². The SMILES string of the molecule is COCC1C#CC2CC3CSSC(O)COc4cc5c(cc4O)CC4C(O)C6CC(CCCC(C)O)C7Cc8ccccc8C=C7C78C(Cc9cc(OC)c(O)cc9C67)C(OC(C)=O)CC(CC5C48)OC(=O)C(C2)(C3)c2ccc3cc(O)cc(c3c2)-c2cccc(c2)CNC1. The van der Waals surface area contributed by atoms with Gasteiger partial charge in [0.05, 0.1) is 37.3 Å². The molecule has 0 aromatic heterocycles. The van der Waals surface area contributed by atoms with Gasteiger partial charge in [-0.25, -0.2) is 0 Å². The molecule has 7 aliphatic carbocycles. The number of methoxy groups -OCH3 is 2. The monoisotopic (exact) mass is 1320 g/mol. The van der Waals surface area contributed by atoms with E-state index in [1.807, 2.05) is 43.3 Å². The molecule has 6 aromatic rings. The molecule has 4 fully saturated rings. The van der Waals surface area contributed by atoms with Crippen molar-refractivity contribution in [2.45, 2.75) is 145 Å². The number of phenols is 3. The molecule has 14 nitrogen and oxygen atoms in total. The summed E-state index contributed by atoms with van der Waals surface area (Å²) in [4.78, 5) is 31.6. The van der Waals surface area contributed by atoms with E-state index in [0.29, 0.717) is 76.1 Å². The molecule has 2 aliphatic heterocycles. The first-order valence-electron chi connectivity index (χ1n) is 34.5. The van der Waals surface area contributed by atoms with Crippen LogP contribution in [0.25, 0.3) is 28.0 Å². The normalized spacial score (nSPS) is 33.1. The van der Waals surface area contributed by atoms with Crippen molar-refractivity contribution in [3.8, 4) is 51.7 Å². The molecule has 18 unspecified atom stereocenters. The Kier molecular flexibility index (Phi) is 17.6. The van der Waals surface area contributed by atoms with Gasteiger partial charge in [-0.2, -0.15) is 0 Å². The zero-order valence-corrected chi connectivity index (χ0v) is 56.1. The predicted molar refractivity (Wildman–Crippen MR) is 368 cm³/mol. The van der Waals surface area contributed by atoms with Crippen molar-refractivity contribution in [2.75, 3.05) is 39.7 Å². The second kappa shape index (κ2) is 26.0. The number of esters is 2. The molecule has 498 valence electrons. The van der Waals surface area contributed by atoms with Gasteiger partial charge in [-0.3, -0.25) is 9.59 Å². The van der Waals surface area contributed by atoms with Crippen LogP contribution in [0.4, 0.5) is 0 Å². The van der Waals surface area contributed by atoms with E-state index in [0.717, 1.165) is 80.1 Å². The van der Waals surface area contributed by atoms with Crippen LogP contribution in [0.2, 0.25) is 0 Å². The van der Waals surface area contributed by atoms with Gasteiger partial charge in [0, 0.05) is 56.5 Å². The highest BCUT2D eigenvalue weighted by atomic mass is 33.1. The van der Waals surface area contributed by atoms with E-state index >= 15 is 4.79 Å². The fraction of sp³-hybridized carbons (Fsp3) is 0.494. The second-order valence-electron chi connectivity index (χ2n) is 29.3. The van der Waals surface area contributed by atoms with Gasteiger partial charge in [0.15, 0.2) is 23.0 Å². The van der Waals surface area contributed by atoms with Crippen LogP contribution in [0, 0.1) is 70.5 Å². The smallest absolute Gasteiger partial charge is 0.316 e. The Balaban J connectivity index is 0.972. The Morgan fingerprint density at radius 1 is 0.842 bits per heavy atom. The highest BCUT2D eigenvalue weighted by Crippen LogP contribution is 2.76. The topological polar surface area (TPSA) is 214 Å². The lowest BCUT2D eigenvalue weighted by atomic mass is 9.36. The molecule has 15 rings (SSSR count). The number of ether oxygens (including phenoxy) is 5. The molecule has 6 aromatic carbocycles. The maximum atomic E-state index is 17.2. The van der Waals surface area contributed by atoms with Crippen LogP contribution in [0.5, 0.6) is 28.7 Å². The number of fused-ring (bicyclic) bond motifs is 11. The molecule has 9 aliphatic rings. The summed E-state index contributed by atoms with van der Waals surface area (Å²) in [6.07, 6.45) is 5.60. The number of hydrogen-bond donors (Lipinski definition) is 7. The predicted octanol–water partition coefficient (Wildman–Crippen LogP) is 12.7. The van der Waals surface area contributed by atoms with E-state index in [1.54, 1.807) is 32.4 Å². The molecule has 0 radical (unpaired) electrons. The number of benzene rings is 6. The quantitative estimate of drug-likeness (QED) is 0.0429. The standard InChI is InChI=1S/C79H87NO13S2/c1-42(81)9-7-13-51-23-64-74-62-33-69(85)71(90-4)28-54(62)26-67-70(92-43(2)82)32-57-31-63-60-34-72(68(84)27-53(60)24-65(76(64)87)75(63)79(67,74)66-25-49-12-6-5-11-48(49)22-61(51)66)91-40-73(86)95-94-41-47-19-44-15-16-46(39-89-3)38-80-37-45-10-8-14-50(20-45)59-30-56(83)21-52-17-18-55(29-58(52)59)78(35-44,36-47)77(88)93-57/h5-6,8,10-12,14,17-18,20-21,25,27-30,33-34,42,44,46-47,51,57,61,63-65,67,70,73-76,80-81,83-87H,7,9,13,19,22-24,26,31-32,35-41H2,1-4H3. The first-order valence-corrected chi connectivity index (χ1v) is 36.8. The number of hydrogen-bond acceptors (Lipinski definition) is 16. The first-order chi connectivity index (χ1) is 46.0. The van der Waals surface area contributed by atoms with Crippen molar-refractivity contribution in [1.29, 1.82) is 0 Å². The van der Waals surface area contributed by atoms with Crippen LogP contribution in [0.1, 0.15) is 128 Å². The Morgan fingerprint density at radius 2 is 1.69 bits per heavy atom. The fourth-order valence-corrected chi connectivity index (χ4v) is 22.5. The van der Waals surface area contributed by atoms with Crippen LogP contribution in [0.15, 0.2) is 109 Å². The maximum absolute atomic E-state index is 17.2. The molecular weight excluding hydrogens is 1230 g/mol. The summed E-state index contributed by atoms with van der Waals surface area (Å²) < 4.78 is 32.9. The van der Waals surface area contributed by atoms with E-state index in [1.165, 1.54) is 39.6 Å². The van der Waals surface area contributed by atoms with Crippen molar-refractivity contribution in [2.24, 2.45) is 58.7 Å².